The molecule has 0 saturated heterocycles. The fourth-order valence-corrected chi connectivity index (χ4v) is 8.36. The summed E-state index contributed by atoms with van der Waals surface area (Å²) in [6.45, 7) is 32.8. The lowest BCUT2D eigenvalue weighted by Crippen LogP contribution is -2.50. The highest BCUT2D eigenvalue weighted by Crippen LogP contribution is 2.61. The zero-order valence-corrected chi connectivity index (χ0v) is 35.4. The summed E-state index contributed by atoms with van der Waals surface area (Å²) in [6, 6.07) is 4.71. The number of alkyl carbamates (subject to hydrolysis) is 2. The quantitative estimate of drug-likeness (QED) is 0.101. The van der Waals surface area contributed by atoms with E-state index in [1.165, 1.54) is 6.07 Å². The highest BCUT2D eigenvalue weighted by atomic mass is 31.1. The molecular weight excluding hydrogens is 687 g/mol. The fourth-order valence-electron chi connectivity index (χ4n) is 4.85. The number of hydrogen-bond acceptors (Lipinski definition) is 10. The Labute approximate surface area is 311 Å². The highest BCUT2D eigenvalue weighted by Gasteiger charge is 2.37. The Morgan fingerprint density at radius 1 is 0.538 bits per heavy atom. The van der Waals surface area contributed by atoms with Crippen LogP contribution >= 0.6 is 7.92 Å². The highest BCUT2D eigenvalue weighted by molar-refractivity contribution is 7.60. The summed E-state index contributed by atoms with van der Waals surface area (Å²) in [5.41, 5.74) is -3.12. The standard InChI is InChI=1S/C37H63N6O8P/c1-32(2,3)48-28(44)40-26(38)42(30(46)50-34(7,8)9)24-19-23(22-52(36(13,14)15)37(16,17)18)20-25(21-24)43(31(47)51-35(10,11)12)27(39)41-29(45)49-33(4,5)6/h19-21H,22H2,1-18H3,(H2,38,40,44)(H2,39,41,45). The van der Waals surface area contributed by atoms with Crippen molar-refractivity contribution in [3.05, 3.63) is 23.8 Å². The van der Waals surface area contributed by atoms with Gasteiger partial charge in [0, 0.05) is 0 Å². The van der Waals surface area contributed by atoms with Gasteiger partial charge in [-0.3, -0.25) is 21.5 Å². The molecule has 294 valence electrons. The topological polar surface area (TPSA) is 183 Å². The predicted octanol–water partition coefficient (Wildman–Crippen LogP) is 9.67. The maximum atomic E-state index is 13.9. The number of ether oxygens (including phenoxy) is 4. The molecule has 1 aromatic carbocycles. The average molecular weight is 751 g/mol. The Balaban J connectivity index is 4.22. The molecule has 4 N–H and O–H groups in total. The summed E-state index contributed by atoms with van der Waals surface area (Å²) in [6.07, 6.45) is -3.48. The SMILES string of the molecule is CC(C)(C)OC(=O)NC(=N)N(C(=O)OC(C)(C)C)c1cc(CP(C(C)(C)C)C(C)(C)C)cc(N(C(=N)NC(=O)OC(C)(C)C)C(=O)OC(C)(C)C)c1. The molecule has 0 aromatic heterocycles. The van der Waals surface area contributed by atoms with Gasteiger partial charge in [0.2, 0.25) is 11.9 Å². The van der Waals surface area contributed by atoms with Gasteiger partial charge in [-0.2, -0.15) is 0 Å². The maximum absolute atomic E-state index is 13.9. The monoisotopic (exact) mass is 750 g/mol. The van der Waals surface area contributed by atoms with E-state index < -0.39 is 66.6 Å². The average Bonchev–Trinajstić information content (AvgIpc) is 2.81. The summed E-state index contributed by atoms with van der Waals surface area (Å²) in [7, 11) is -0.803. The largest absolute Gasteiger partial charge is 0.444 e. The van der Waals surface area contributed by atoms with Gasteiger partial charge < -0.3 is 18.9 Å². The molecule has 0 fully saturated rings. The van der Waals surface area contributed by atoms with E-state index in [0.29, 0.717) is 11.7 Å². The van der Waals surface area contributed by atoms with Crippen molar-refractivity contribution in [3.63, 3.8) is 0 Å². The van der Waals surface area contributed by atoms with E-state index >= 15 is 0 Å². The molecule has 0 atom stereocenters. The molecule has 0 spiro atoms. The van der Waals surface area contributed by atoms with Crippen molar-refractivity contribution >= 4 is 55.6 Å². The molecule has 0 heterocycles. The van der Waals surface area contributed by atoms with Gasteiger partial charge in [-0.25, -0.2) is 29.0 Å². The molecule has 52 heavy (non-hydrogen) atoms. The van der Waals surface area contributed by atoms with Gasteiger partial charge in [0.05, 0.1) is 11.4 Å². The first kappa shape index (κ1) is 46.1. The number of nitrogens with zero attached hydrogens (tertiary/aromatic N) is 2. The van der Waals surface area contributed by atoms with Crippen molar-refractivity contribution in [2.45, 2.75) is 164 Å². The molecule has 15 heteroatoms. The smallest absolute Gasteiger partial charge is 0.421 e. The number of guanidine groups is 2. The number of hydrogen-bond donors (Lipinski definition) is 4. The third-order valence-corrected chi connectivity index (χ3v) is 10.2. The predicted molar refractivity (Wildman–Crippen MR) is 208 cm³/mol. The van der Waals surface area contributed by atoms with Crippen LogP contribution in [0.15, 0.2) is 18.2 Å². The van der Waals surface area contributed by atoms with Crippen LogP contribution in [0.4, 0.5) is 30.6 Å². The van der Waals surface area contributed by atoms with Crippen LogP contribution < -0.4 is 20.4 Å². The Bertz CT molecular complexity index is 1400. The van der Waals surface area contributed by atoms with Gasteiger partial charge in [0.1, 0.15) is 22.4 Å². The lowest BCUT2D eigenvalue weighted by molar-refractivity contribution is 0.0539. The van der Waals surface area contributed by atoms with Gasteiger partial charge in [0.15, 0.2) is 0 Å². The Morgan fingerprint density at radius 3 is 1.08 bits per heavy atom. The molecule has 0 aliphatic carbocycles. The summed E-state index contributed by atoms with van der Waals surface area (Å²) in [5, 5.41) is 22.2. The Hall–Kier alpha value is -3.93. The number of anilines is 2. The molecule has 0 bridgehead atoms. The van der Waals surface area contributed by atoms with Crippen molar-refractivity contribution in [2.24, 2.45) is 0 Å². The molecule has 0 aliphatic heterocycles. The first-order chi connectivity index (χ1) is 23.0. The first-order valence-corrected chi connectivity index (χ1v) is 18.7. The zero-order chi connectivity index (χ0) is 41.0. The van der Waals surface area contributed by atoms with Crippen molar-refractivity contribution in [3.8, 4) is 0 Å². The molecule has 0 unspecified atom stereocenters. The van der Waals surface area contributed by atoms with Crippen LogP contribution in [0.1, 0.15) is 130 Å². The van der Waals surface area contributed by atoms with Crippen molar-refractivity contribution in [1.29, 1.82) is 10.8 Å². The minimum absolute atomic E-state index is 0.0270. The van der Waals surface area contributed by atoms with E-state index in [0.717, 1.165) is 9.80 Å². The van der Waals surface area contributed by atoms with Crippen LogP contribution in [0.3, 0.4) is 0 Å². The summed E-state index contributed by atoms with van der Waals surface area (Å²) in [4.78, 5) is 55.1. The number of carbonyl (C=O) groups excluding carboxylic acids is 4. The van der Waals surface area contributed by atoms with E-state index in [9.17, 15) is 19.2 Å². The number of carbonyl (C=O) groups is 4. The minimum Gasteiger partial charge on any atom is -0.444 e. The summed E-state index contributed by atoms with van der Waals surface area (Å²) in [5.74, 6) is -1.38. The van der Waals surface area contributed by atoms with E-state index in [1.807, 2.05) is 0 Å². The minimum atomic E-state index is -1.00. The fraction of sp³-hybridized carbons (Fsp3) is 0.676. The summed E-state index contributed by atoms with van der Waals surface area (Å²) >= 11 is 0. The molecule has 1 rings (SSSR count). The second-order valence-corrected chi connectivity index (χ2v) is 22.2. The summed E-state index contributed by atoms with van der Waals surface area (Å²) < 4.78 is 22.1. The zero-order valence-electron chi connectivity index (χ0n) is 34.5. The van der Waals surface area contributed by atoms with Crippen LogP contribution in [0.5, 0.6) is 0 Å². The third kappa shape index (κ3) is 16.2. The van der Waals surface area contributed by atoms with Gasteiger partial charge in [-0.05, 0) is 123 Å². The maximum Gasteiger partial charge on any atom is 0.421 e. The van der Waals surface area contributed by atoms with Crippen LogP contribution in [0.25, 0.3) is 0 Å². The van der Waals surface area contributed by atoms with E-state index in [2.05, 4.69) is 52.2 Å². The lowest BCUT2D eigenvalue weighted by atomic mass is 10.1. The third-order valence-electron chi connectivity index (χ3n) is 6.28. The van der Waals surface area contributed by atoms with E-state index in [-0.39, 0.29) is 21.7 Å². The molecule has 1 aromatic rings. The molecular formula is C37H63N6O8P. The Kier molecular flexibility index (Phi) is 14.5. The van der Waals surface area contributed by atoms with E-state index in [1.54, 1.807) is 95.2 Å². The number of nitrogens with one attached hydrogen (secondary N) is 4. The molecule has 0 aliphatic rings. The second-order valence-electron chi connectivity index (χ2n) is 18.4. The van der Waals surface area contributed by atoms with Crippen LogP contribution in [0, 0.1) is 10.8 Å². The van der Waals surface area contributed by atoms with Crippen molar-refractivity contribution < 1.29 is 38.1 Å². The van der Waals surface area contributed by atoms with Gasteiger partial charge in [-0.15, -0.1) is 0 Å². The molecule has 0 saturated carbocycles. The number of rotatable bonds is 4. The first-order valence-electron chi connectivity index (χ1n) is 17.1. The Morgan fingerprint density at radius 2 is 0.827 bits per heavy atom. The van der Waals surface area contributed by atoms with Crippen LogP contribution in [0.2, 0.25) is 0 Å². The van der Waals surface area contributed by atoms with Crippen LogP contribution in [-0.2, 0) is 25.1 Å². The van der Waals surface area contributed by atoms with Crippen LogP contribution in [-0.4, -0.2) is 69.0 Å². The van der Waals surface area contributed by atoms with Gasteiger partial charge in [-0.1, -0.05) is 49.5 Å². The second kappa shape index (κ2) is 16.4. The van der Waals surface area contributed by atoms with Crippen molar-refractivity contribution in [2.75, 3.05) is 9.80 Å². The lowest BCUT2D eigenvalue weighted by Gasteiger charge is -2.42. The molecule has 4 amide bonds. The van der Waals surface area contributed by atoms with Gasteiger partial charge in [0.25, 0.3) is 0 Å². The van der Waals surface area contributed by atoms with Gasteiger partial charge >= 0.3 is 24.4 Å². The number of benzene rings is 1. The molecule has 14 nitrogen and oxygen atoms in total. The number of amides is 4. The van der Waals surface area contributed by atoms with Crippen molar-refractivity contribution in [1.82, 2.24) is 10.6 Å². The normalized spacial score (nSPS) is 12.8. The van der Waals surface area contributed by atoms with E-state index in [4.69, 9.17) is 29.8 Å². The molecule has 0 radical (unpaired) electrons.